The van der Waals surface area contributed by atoms with Crippen LogP contribution in [0.4, 0.5) is 0 Å². The fourth-order valence-electron chi connectivity index (χ4n) is 6.06. The van der Waals surface area contributed by atoms with Gasteiger partial charge in [0.2, 0.25) is 0 Å². The van der Waals surface area contributed by atoms with Crippen LogP contribution in [0.25, 0.3) is 5.57 Å². The van der Waals surface area contributed by atoms with E-state index in [4.69, 9.17) is 4.74 Å². The number of hydrogen-bond acceptors (Lipinski definition) is 6. The summed E-state index contributed by atoms with van der Waals surface area (Å²) in [6.45, 7) is 9.18. The fourth-order valence-corrected chi connectivity index (χ4v) is 8.36. The summed E-state index contributed by atoms with van der Waals surface area (Å²) in [5.74, 6) is -0.745. The molecule has 328 valence electrons. The number of rotatable bonds is 7. The molecule has 7 aromatic rings. The van der Waals surface area contributed by atoms with Crippen molar-refractivity contribution in [3.63, 3.8) is 0 Å². The van der Waals surface area contributed by atoms with Gasteiger partial charge < -0.3 is 14.2 Å². The van der Waals surface area contributed by atoms with Gasteiger partial charge in [-0.1, -0.05) is 140 Å². The number of carbonyl (C=O) groups is 3. The van der Waals surface area contributed by atoms with E-state index in [1.165, 1.54) is 29.8 Å². The van der Waals surface area contributed by atoms with Crippen molar-refractivity contribution < 1.29 is 45.4 Å². The molecule has 8 rings (SSSR count). The predicted molar refractivity (Wildman–Crippen MR) is 258 cm³/mol. The fraction of sp³-hybridized carbons (Fsp3) is 0.143. The van der Waals surface area contributed by atoms with E-state index < -0.39 is 14.0 Å². The Labute approximate surface area is 391 Å². The average molecular weight is 913 g/mol. The largest absolute Gasteiger partial charge is 3.00 e. The molecule has 0 bridgehead atoms. The molecule has 0 saturated heterocycles. The first-order valence-electron chi connectivity index (χ1n) is 20.8. The van der Waals surface area contributed by atoms with Gasteiger partial charge in [0.15, 0.2) is 0 Å². The van der Waals surface area contributed by atoms with Crippen molar-refractivity contribution in [1.82, 2.24) is 0 Å². The number of carbonyl (C=O) groups excluding carboxylic acids is 3. The molecule has 1 atom stereocenters. The quantitative estimate of drug-likeness (QED) is 0.0686. The van der Waals surface area contributed by atoms with Gasteiger partial charge in [-0.3, -0.25) is 9.59 Å². The second-order valence-electron chi connectivity index (χ2n) is 13.5. The molecule has 1 heterocycles. The maximum atomic E-state index is 12.6. The Bertz CT molecular complexity index is 2290. The van der Waals surface area contributed by atoms with Crippen LogP contribution in [0.15, 0.2) is 212 Å². The summed E-state index contributed by atoms with van der Waals surface area (Å²) in [5.41, 5.74) is 4.88. The first kappa shape index (κ1) is 51.8. The van der Waals surface area contributed by atoms with Crippen LogP contribution in [0.1, 0.15) is 61.7 Å². The standard InChI is InChI=1S/C25H18O2.C18H15P.C5H5.2C4H8O2.Co/c1-18-23(16-19-10-4-2-5-11-19)24(17-20-12-6-3-7-13-20)21-14-8-9-15-22(21)25(26)27-18;1-4-10-16(11-5-1)19(17-12-6-2-7-13-17)18-14-8-3-9-15-18;1-2-4-5-3-1;2*1-3-6-4(2)5;/h2-15,18H,1H3;1-15H;1-5H;2*3H2,1-2H3;/q-2;;-1;;;+3/t18-;;;;;/m1...../s1. The molecule has 1 aliphatic rings. The van der Waals surface area contributed by atoms with E-state index >= 15 is 0 Å². The van der Waals surface area contributed by atoms with Crippen LogP contribution < -0.4 is 15.9 Å². The van der Waals surface area contributed by atoms with Gasteiger partial charge in [0.1, 0.15) is 0 Å². The Morgan fingerprint density at radius 2 is 0.906 bits per heavy atom. The third kappa shape index (κ3) is 18.1. The Hall–Kier alpha value is -6.50. The molecule has 0 radical (unpaired) electrons. The molecule has 8 heteroatoms. The first-order valence-corrected chi connectivity index (χ1v) is 22.1. The minimum absolute atomic E-state index is 0. The number of ether oxygens (including phenoxy) is 3. The van der Waals surface area contributed by atoms with E-state index in [1.807, 2.05) is 116 Å². The van der Waals surface area contributed by atoms with Crippen molar-refractivity contribution in [2.45, 2.75) is 40.7 Å². The first-order chi connectivity index (χ1) is 30.7. The van der Waals surface area contributed by atoms with Crippen molar-refractivity contribution in [2.75, 3.05) is 13.2 Å². The molecular formula is C56H54CoO6P. The van der Waals surface area contributed by atoms with Gasteiger partial charge in [-0.05, 0) is 44.6 Å². The van der Waals surface area contributed by atoms with Crippen LogP contribution in [-0.4, -0.2) is 37.2 Å². The van der Waals surface area contributed by atoms with Gasteiger partial charge in [0, 0.05) is 19.4 Å². The molecule has 7 aromatic carbocycles. The second-order valence-corrected chi connectivity index (χ2v) is 15.7. The maximum Gasteiger partial charge on any atom is 3.00 e. The van der Waals surface area contributed by atoms with Crippen molar-refractivity contribution >= 4 is 47.3 Å². The average Bonchev–Trinajstić information content (AvgIpc) is 3.89. The van der Waals surface area contributed by atoms with Crippen molar-refractivity contribution in [3.05, 3.63) is 246 Å². The van der Waals surface area contributed by atoms with Crippen LogP contribution >= 0.6 is 7.92 Å². The minimum atomic E-state index is -0.446. The van der Waals surface area contributed by atoms with Gasteiger partial charge in [-0.15, -0.1) is 53.1 Å². The van der Waals surface area contributed by atoms with Crippen molar-refractivity contribution in [2.24, 2.45) is 0 Å². The third-order valence-corrected chi connectivity index (χ3v) is 11.2. The van der Waals surface area contributed by atoms with Crippen LogP contribution in [0.3, 0.4) is 0 Å². The van der Waals surface area contributed by atoms with Gasteiger partial charge in [0.25, 0.3) is 0 Å². The van der Waals surface area contributed by atoms with Crippen LogP contribution in [0, 0.1) is 12.2 Å². The molecule has 1 aliphatic heterocycles. The SMILES string of the molecule is CCOC(C)=O.CCOC(C)=O.C[C@H]1OC(=O)c2ccccc2C(=[C-]c2ccccc2)C1=[C-]c1ccccc1.[Co+3].c1cc[cH-]c1.c1ccc(P(c2ccccc2)c2ccccc2)cc1. The molecule has 0 N–H and O–H groups in total. The Morgan fingerprint density at radius 1 is 0.547 bits per heavy atom. The zero-order valence-corrected chi connectivity index (χ0v) is 38.8. The molecule has 0 unspecified atom stereocenters. The third-order valence-electron chi connectivity index (χ3n) is 8.77. The van der Waals surface area contributed by atoms with Crippen LogP contribution in [0.2, 0.25) is 0 Å². The van der Waals surface area contributed by atoms with Gasteiger partial charge >= 0.3 is 34.7 Å². The molecule has 0 amide bonds. The molecule has 0 aromatic heterocycles. The van der Waals surface area contributed by atoms with E-state index in [2.05, 4.69) is 113 Å². The molecule has 0 spiro atoms. The summed E-state index contributed by atoms with van der Waals surface area (Å²) in [4.78, 5) is 32.3. The number of benzene rings is 6. The number of cyclic esters (lactones) is 1. The van der Waals surface area contributed by atoms with Crippen LogP contribution in [-0.2, 0) is 40.6 Å². The summed E-state index contributed by atoms with van der Waals surface area (Å²) in [6, 6.07) is 69.6. The van der Waals surface area contributed by atoms with Crippen molar-refractivity contribution in [1.29, 1.82) is 0 Å². The zero-order valence-electron chi connectivity index (χ0n) is 36.9. The summed E-state index contributed by atoms with van der Waals surface area (Å²) in [7, 11) is -0.446. The van der Waals surface area contributed by atoms with E-state index in [9.17, 15) is 14.4 Å². The van der Waals surface area contributed by atoms with Gasteiger partial charge in [-0.2, -0.15) is 41.5 Å². The molecule has 6 nitrogen and oxygen atoms in total. The van der Waals surface area contributed by atoms with E-state index in [-0.39, 0.29) is 34.7 Å². The van der Waals surface area contributed by atoms with E-state index in [0.29, 0.717) is 18.8 Å². The minimum Gasteiger partial charge on any atom is -0.466 e. The van der Waals surface area contributed by atoms with E-state index in [1.54, 1.807) is 19.9 Å². The normalized spacial score (nSPS) is 13.4. The number of fused-ring (bicyclic) bond motifs is 1. The van der Waals surface area contributed by atoms with Crippen LogP contribution in [0.5, 0.6) is 0 Å². The Kier molecular flexibility index (Phi) is 24.1. The molecule has 0 fully saturated rings. The summed E-state index contributed by atoms with van der Waals surface area (Å²) in [5, 5.41) is 4.19. The molecule has 0 saturated carbocycles. The summed E-state index contributed by atoms with van der Waals surface area (Å²) < 4.78 is 14.5. The van der Waals surface area contributed by atoms with Gasteiger partial charge in [-0.25, -0.2) is 16.9 Å². The molecule has 0 aliphatic carbocycles. The summed E-state index contributed by atoms with van der Waals surface area (Å²) in [6.07, 6.45) is 6.49. The monoisotopic (exact) mass is 912 g/mol. The topological polar surface area (TPSA) is 78.9 Å². The number of hydrogen-bond donors (Lipinski definition) is 0. The second kappa shape index (κ2) is 29.7. The predicted octanol–water partition coefficient (Wildman–Crippen LogP) is 11.2. The zero-order chi connectivity index (χ0) is 45.1. The molecular weight excluding hydrogens is 859 g/mol. The van der Waals surface area contributed by atoms with E-state index in [0.717, 1.165) is 27.8 Å². The van der Waals surface area contributed by atoms with Crippen molar-refractivity contribution in [3.8, 4) is 0 Å². The Morgan fingerprint density at radius 3 is 1.25 bits per heavy atom. The number of esters is 3. The maximum absolute atomic E-state index is 12.6. The molecule has 64 heavy (non-hydrogen) atoms. The van der Waals surface area contributed by atoms with Gasteiger partial charge in [0.05, 0.1) is 19.3 Å². The Balaban J connectivity index is 0.000000253. The summed E-state index contributed by atoms with van der Waals surface area (Å²) >= 11 is 0. The smallest absolute Gasteiger partial charge is 0.466 e.